The van der Waals surface area contributed by atoms with Crippen LogP contribution in [0.2, 0.25) is 5.02 Å². The van der Waals surface area contributed by atoms with Crippen LogP contribution in [0.25, 0.3) is 16.7 Å². The van der Waals surface area contributed by atoms with E-state index in [0.717, 1.165) is 10.6 Å². The van der Waals surface area contributed by atoms with Crippen LogP contribution in [0.1, 0.15) is 11.3 Å². The monoisotopic (exact) mass is 367 g/mol. The molecule has 0 aliphatic heterocycles. The second-order valence-corrected chi connectivity index (χ2v) is 5.83. The zero-order valence-electron chi connectivity index (χ0n) is 13.3. The summed E-state index contributed by atoms with van der Waals surface area (Å²) in [6.45, 7) is 1.75. The molecular weight excluding hydrogens is 355 g/mol. The van der Waals surface area contributed by atoms with E-state index < -0.39 is 17.4 Å². The van der Waals surface area contributed by atoms with E-state index in [2.05, 4.69) is 10.3 Å². The largest absolute Gasteiger partial charge is 0.433 e. The smallest absolute Gasteiger partial charge is 0.387 e. The number of aryl methyl sites for hydroxylation is 1. The summed E-state index contributed by atoms with van der Waals surface area (Å²) < 4.78 is 40.4. The summed E-state index contributed by atoms with van der Waals surface area (Å²) in [5.41, 5.74) is -0.350. The normalized spacial score (nSPS) is 11.8. The van der Waals surface area contributed by atoms with E-state index in [1.54, 1.807) is 32.2 Å². The first-order valence-corrected chi connectivity index (χ1v) is 7.69. The minimum Gasteiger partial charge on any atom is -0.387 e. The summed E-state index contributed by atoms with van der Waals surface area (Å²) in [5.74, 6) is 0. The molecule has 2 aromatic heterocycles. The lowest BCUT2D eigenvalue weighted by Gasteiger charge is -2.16. The van der Waals surface area contributed by atoms with Gasteiger partial charge in [-0.15, -0.1) is 0 Å². The van der Waals surface area contributed by atoms with Gasteiger partial charge in [0.1, 0.15) is 11.3 Å². The highest BCUT2D eigenvalue weighted by Gasteiger charge is 2.33. The Hall–Kier alpha value is -2.54. The highest BCUT2D eigenvalue weighted by molar-refractivity contribution is 6.33. The molecule has 0 saturated carbocycles. The molecule has 3 aromatic rings. The van der Waals surface area contributed by atoms with Crippen LogP contribution in [0.3, 0.4) is 0 Å². The van der Waals surface area contributed by atoms with E-state index >= 15 is 0 Å². The molecule has 0 aliphatic carbocycles. The number of anilines is 1. The van der Waals surface area contributed by atoms with Crippen molar-refractivity contribution in [1.82, 2.24) is 9.55 Å². The number of nitrogens with one attached hydrogen (secondary N) is 1. The van der Waals surface area contributed by atoms with Gasteiger partial charge < -0.3 is 5.32 Å². The molecule has 0 unspecified atom stereocenters. The SMILES string of the molecule is CNc1cc(=O)n(-c2cccc(C)c2Cl)c2nc(C(F)(F)F)ccc12. The van der Waals surface area contributed by atoms with Gasteiger partial charge in [0.15, 0.2) is 0 Å². The third-order valence-electron chi connectivity index (χ3n) is 3.84. The highest BCUT2D eigenvalue weighted by atomic mass is 35.5. The molecule has 0 fully saturated rings. The Kier molecular flexibility index (Phi) is 4.20. The summed E-state index contributed by atoms with van der Waals surface area (Å²) in [6.07, 6.45) is -4.62. The third-order valence-corrected chi connectivity index (χ3v) is 4.33. The predicted octanol–water partition coefficient (Wildman–Crippen LogP) is 4.41. The molecule has 0 spiro atoms. The number of halogens is 4. The van der Waals surface area contributed by atoms with Crippen LogP contribution in [0, 0.1) is 6.92 Å². The first-order chi connectivity index (χ1) is 11.7. The quantitative estimate of drug-likeness (QED) is 0.730. The number of nitrogens with zero attached hydrogens (tertiary/aromatic N) is 2. The summed E-state index contributed by atoms with van der Waals surface area (Å²) in [4.78, 5) is 16.3. The maximum absolute atomic E-state index is 13.1. The first-order valence-electron chi connectivity index (χ1n) is 7.31. The fourth-order valence-corrected chi connectivity index (χ4v) is 2.81. The molecule has 0 amide bonds. The third kappa shape index (κ3) is 2.95. The Morgan fingerprint density at radius 2 is 1.92 bits per heavy atom. The van der Waals surface area contributed by atoms with Crippen molar-refractivity contribution in [2.75, 3.05) is 12.4 Å². The standard InChI is InChI=1S/C17H13ClF3N3O/c1-9-4-3-5-12(15(9)18)24-14(25)8-11(22-2)10-6-7-13(17(19,20)21)23-16(10)24/h3-8,22H,1-2H3. The zero-order valence-corrected chi connectivity index (χ0v) is 14.0. The number of hydrogen-bond acceptors (Lipinski definition) is 3. The molecule has 3 rings (SSSR count). The first kappa shape index (κ1) is 17.3. The lowest BCUT2D eigenvalue weighted by molar-refractivity contribution is -0.141. The fraction of sp³-hybridized carbons (Fsp3) is 0.176. The molecule has 130 valence electrons. The number of fused-ring (bicyclic) bond motifs is 1. The second-order valence-electron chi connectivity index (χ2n) is 5.46. The number of hydrogen-bond donors (Lipinski definition) is 1. The van der Waals surface area contributed by atoms with Gasteiger partial charge in [-0.25, -0.2) is 4.98 Å². The maximum Gasteiger partial charge on any atom is 0.433 e. The minimum atomic E-state index is -4.62. The Labute approximate surface area is 145 Å². The van der Waals surface area contributed by atoms with Crippen molar-refractivity contribution < 1.29 is 13.2 Å². The summed E-state index contributed by atoms with van der Waals surface area (Å²) in [7, 11) is 1.58. The average molecular weight is 368 g/mol. The molecule has 25 heavy (non-hydrogen) atoms. The van der Waals surface area contributed by atoms with Crippen molar-refractivity contribution in [3.8, 4) is 5.69 Å². The Morgan fingerprint density at radius 3 is 2.56 bits per heavy atom. The summed E-state index contributed by atoms with van der Waals surface area (Å²) in [5, 5.41) is 3.47. The van der Waals surface area contributed by atoms with Crippen molar-refractivity contribution in [3.05, 3.63) is 63.0 Å². The number of pyridine rings is 2. The number of aromatic nitrogens is 2. The van der Waals surface area contributed by atoms with E-state index in [1.165, 1.54) is 12.1 Å². The lowest BCUT2D eigenvalue weighted by atomic mass is 10.1. The van der Waals surface area contributed by atoms with Crippen LogP contribution >= 0.6 is 11.6 Å². The van der Waals surface area contributed by atoms with Gasteiger partial charge in [0.2, 0.25) is 0 Å². The van der Waals surface area contributed by atoms with Crippen LogP contribution in [-0.2, 0) is 6.18 Å². The van der Waals surface area contributed by atoms with Crippen LogP contribution in [-0.4, -0.2) is 16.6 Å². The molecular formula is C17H13ClF3N3O. The van der Waals surface area contributed by atoms with E-state index in [-0.39, 0.29) is 16.4 Å². The zero-order chi connectivity index (χ0) is 18.4. The van der Waals surface area contributed by atoms with Gasteiger partial charge in [0.25, 0.3) is 5.56 Å². The molecule has 0 aliphatic rings. The topological polar surface area (TPSA) is 46.9 Å². The number of benzene rings is 1. The lowest BCUT2D eigenvalue weighted by Crippen LogP contribution is -2.21. The van der Waals surface area contributed by atoms with Gasteiger partial charge in [0.05, 0.1) is 16.4 Å². The van der Waals surface area contributed by atoms with Crippen LogP contribution in [0.15, 0.2) is 41.2 Å². The van der Waals surface area contributed by atoms with Gasteiger partial charge in [-0.05, 0) is 30.7 Å². The Balaban J connectivity index is 2.47. The van der Waals surface area contributed by atoms with Crippen molar-refractivity contribution >= 4 is 28.3 Å². The minimum absolute atomic E-state index is 0.112. The predicted molar refractivity (Wildman–Crippen MR) is 91.6 cm³/mol. The molecule has 0 atom stereocenters. The summed E-state index contributed by atoms with van der Waals surface area (Å²) in [6, 6.07) is 8.46. The molecule has 0 saturated heterocycles. The van der Waals surface area contributed by atoms with Crippen LogP contribution in [0.4, 0.5) is 18.9 Å². The van der Waals surface area contributed by atoms with Crippen LogP contribution in [0.5, 0.6) is 0 Å². The van der Waals surface area contributed by atoms with Crippen molar-refractivity contribution in [2.45, 2.75) is 13.1 Å². The molecule has 8 heteroatoms. The average Bonchev–Trinajstić information content (AvgIpc) is 2.56. The van der Waals surface area contributed by atoms with Gasteiger partial charge in [0, 0.05) is 18.5 Å². The van der Waals surface area contributed by atoms with Gasteiger partial charge in [-0.1, -0.05) is 23.7 Å². The van der Waals surface area contributed by atoms with Gasteiger partial charge in [-0.2, -0.15) is 13.2 Å². The number of rotatable bonds is 2. The summed E-state index contributed by atoms with van der Waals surface area (Å²) >= 11 is 6.28. The highest BCUT2D eigenvalue weighted by Crippen LogP contribution is 2.32. The van der Waals surface area contributed by atoms with Crippen LogP contribution < -0.4 is 10.9 Å². The molecule has 4 nitrogen and oxygen atoms in total. The Bertz CT molecular complexity index is 1030. The van der Waals surface area contributed by atoms with Crippen molar-refractivity contribution in [3.63, 3.8) is 0 Å². The molecule has 0 bridgehead atoms. The van der Waals surface area contributed by atoms with E-state index in [1.807, 2.05) is 0 Å². The fourth-order valence-electron chi connectivity index (χ4n) is 2.60. The van der Waals surface area contributed by atoms with Gasteiger partial charge >= 0.3 is 6.18 Å². The van der Waals surface area contributed by atoms with E-state index in [9.17, 15) is 18.0 Å². The maximum atomic E-state index is 13.1. The molecule has 0 radical (unpaired) electrons. The van der Waals surface area contributed by atoms with E-state index in [0.29, 0.717) is 16.6 Å². The molecule has 1 N–H and O–H groups in total. The Morgan fingerprint density at radius 1 is 1.20 bits per heavy atom. The van der Waals surface area contributed by atoms with Crippen molar-refractivity contribution in [2.24, 2.45) is 0 Å². The van der Waals surface area contributed by atoms with E-state index in [4.69, 9.17) is 11.6 Å². The van der Waals surface area contributed by atoms with Crippen molar-refractivity contribution in [1.29, 1.82) is 0 Å². The van der Waals surface area contributed by atoms with Gasteiger partial charge in [-0.3, -0.25) is 9.36 Å². The molecule has 1 aromatic carbocycles. The molecule has 2 heterocycles. The number of alkyl halides is 3. The second kappa shape index (κ2) is 6.07.